The van der Waals surface area contributed by atoms with Gasteiger partial charge >= 0.3 is 0 Å². The van der Waals surface area contributed by atoms with Gasteiger partial charge < -0.3 is 9.73 Å². The van der Waals surface area contributed by atoms with E-state index in [-0.39, 0.29) is 17.6 Å². The van der Waals surface area contributed by atoms with Crippen molar-refractivity contribution in [3.63, 3.8) is 0 Å². The Labute approximate surface area is 167 Å². The van der Waals surface area contributed by atoms with Crippen LogP contribution in [0.5, 0.6) is 0 Å². The lowest BCUT2D eigenvalue weighted by atomic mass is 9.91. The third kappa shape index (κ3) is 3.62. The zero-order valence-corrected chi connectivity index (χ0v) is 16.0. The van der Waals surface area contributed by atoms with Crippen LogP contribution in [-0.2, 0) is 0 Å². The summed E-state index contributed by atoms with van der Waals surface area (Å²) in [5, 5.41) is 3.58. The molecule has 140 valence electrons. The highest BCUT2D eigenvalue weighted by atomic mass is 35.5. The first-order valence-corrected chi connectivity index (χ1v) is 9.39. The molecule has 1 N–H and O–H groups in total. The first-order valence-electron chi connectivity index (χ1n) is 9.01. The molecule has 2 heterocycles. The number of halogens is 1. The number of carbonyl (C=O) groups is 1. The molecule has 0 saturated carbocycles. The highest BCUT2D eigenvalue weighted by Gasteiger charge is 2.28. The summed E-state index contributed by atoms with van der Waals surface area (Å²) in [4.78, 5) is 22.3. The minimum absolute atomic E-state index is 0.227. The Balaban J connectivity index is 1.83. The van der Waals surface area contributed by atoms with Crippen molar-refractivity contribution in [1.82, 2.24) is 5.32 Å². The van der Waals surface area contributed by atoms with Gasteiger partial charge in [-0.1, -0.05) is 42.8 Å². The molecule has 1 aliphatic heterocycles. The molecule has 1 amide bonds. The average Bonchev–Trinajstić information content (AvgIpc) is 3.20. The van der Waals surface area contributed by atoms with Crippen LogP contribution in [0.4, 0.5) is 11.4 Å². The van der Waals surface area contributed by atoms with Crippen molar-refractivity contribution in [3.8, 4) is 0 Å². The van der Waals surface area contributed by atoms with Gasteiger partial charge in [0.2, 0.25) is 0 Å². The van der Waals surface area contributed by atoms with E-state index < -0.39 is 0 Å². The summed E-state index contributed by atoms with van der Waals surface area (Å²) < 4.78 is 5.23. The number of hydrogen-bond acceptors (Lipinski definition) is 4. The number of carbonyl (C=O) groups excluding carboxylic acids is 1. The molecule has 0 saturated heterocycles. The van der Waals surface area contributed by atoms with E-state index in [1.54, 1.807) is 12.1 Å². The molecular weight excluding hydrogens is 374 g/mol. The topological polar surface area (TPSA) is 67.0 Å². The second-order valence-corrected chi connectivity index (χ2v) is 6.79. The molecular formula is C22H18ClN3O2. The van der Waals surface area contributed by atoms with Gasteiger partial charge in [-0.3, -0.25) is 9.79 Å². The molecule has 1 unspecified atom stereocenters. The third-order valence-corrected chi connectivity index (χ3v) is 4.80. The maximum Gasteiger partial charge on any atom is 0.292 e. The molecule has 28 heavy (non-hydrogen) atoms. The maximum absolute atomic E-state index is 12.7. The molecule has 6 heteroatoms. The molecule has 5 nitrogen and oxygen atoms in total. The monoisotopic (exact) mass is 391 g/mol. The van der Waals surface area contributed by atoms with Gasteiger partial charge in [-0.2, -0.15) is 0 Å². The maximum atomic E-state index is 12.7. The van der Waals surface area contributed by atoms with Crippen molar-refractivity contribution >= 4 is 40.4 Å². The van der Waals surface area contributed by atoms with E-state index in [0.717, 1.165) is 17.0 Å². The number of nitrogens with one attached hydrogen (secondary N) is 1. The third-order valence-electron chi connectivity index (χ3n) is 4.55. The van der Waals surface area contributed by atoms with Crippen LogP contribution in [0.1, 0.15) is 35.4 Å². The van der Waals surface area contributed by atoms with Crippen molar-refractivity contribution in [1.29, 1.82) is 0 Å². The van der Waals surface area contributed by atoms with Gasteiger partial charge in [0.15, 0.2) is 5.76 Å². The molecule has 4 rings (SSSR count). The van der Waals surface area contributed by atoms with E-state index >= 15 is 0 Å². The SMILES string of the molecule is CCC1=Nc2ccccc2N=C(NC(=O)c2ccco2)C1c1ccc(Cl)cc1. The Kier molecular flexibility index (Phi) is 5.08. The van der Waals surface area contributed by atoms with Crippen molar-refractivity contribution < 1.29 is 9.21 Å². The number of benzene rings is 2. The van der Waals surface area contributed by atoms with Crippen LogP contribution in [0.3, 0.4) is 0 Å². The van der Waals surface area contributed by atoms with Gasteiger partial charge in [0.1, 0.15) is 5.84 Å². The number of fused-ring (bicyclic) bond motifs is 1. The zero-order valence-electron chi connectivity index (χ0n) is 15.2. The predicted octanol–water partition coefficient (Wildman–Crippen LogP) is 5.67. The highest BCUT2D eigenvalue weighted by Crippen LogP contribution is 2.35. The molecule has 0 aliphatic carbocycles. The summed E-state index contributed by atoms with van der Waals surface area (Å²) in [6.45, 7) is 2.04. The number of amidine groups is 1. The quantitative estimate of drug-likeness (QED) is 0.624. The Bertz CT molecular complexity index is 1050. The minimum atomic E-state index is -0.349. The fourth-order valence-electron chi connectivity index (χ4n) is 3.20. The van der Waals surface area contributed by atoms with Crippen LogP contribution >= 0.6 is 11.6 Å². The Hall–Kier alpha value is -3.18. The number of rotatable bonds is 3. The fourth-order valence-corrected chi connectivity index (χ4v) is 3.33. The summed E-state index contributed by atoms with van der Waals surface area (Å²) in [7, 11) is 0. The second kappa shape index (κ2) is 7.82. The standard InChI is InChI=1S/C22H18ClN3O2/c1-2-16-20(14-9-11-15(23)12-10-14)21(26-22(27)19-8-5-13-28-19)25-18-7-4-3-6-17(18)24-16/h3-13,20H,2H2,1H3,(H,25,26,27). The lowest BCUT2D eigenvalue weighted by Crippen LogP contribution is -2.37. The molecule has 0 spiro atoms. The van der Waals surface area contributed by atoms with Crippen molar-refractivity contribution in [2.24, 2.45) is 9.98 Å². The molecule has 1 aromatic heterocycles. The fraction of sp³-hybridized carbons (Fsp3) is 0.136. The van der Waals surface area contributed by atoms with Gasteiger partial charge in [-0.25, -0.2) is 4.99 Å². The van der Waals surface area contributed by atoms with Gasteiger partial charge in [-0.15, -0.1) is 0 Å². The number of para-hydroxylation sites is 2. The van der Waals surface area contributed by atoms with E-state index in [1.807, 2.05) is 55.5 Å². The van der Waals surface area contributed by atoms with E-state index in [2.05, 4.69) is 5.32 Å². The normalized spacial score (nSPS) is 15.9. The molecule has 0 bridgehead atoms. The van der Waals surface area contributed by atoms with Crippen molar-refractivity contribution in [2.45, 2.75) is 19.3 Å². The molecule has 1 atom stereocenters. The van der Waals surface area contributed by atoms with Gasteiger partial charge in [0.05, 0.1) is 23.6 Å². The first kappa shape index (κ1) is 18.2. The Morgan fingerprint density at radius 3 is 2.39 bits per heavy atom. The van der Waals surface area contributed by atoms with Gasteiger partial charge in [-0.05, 0) is 48.4 Å². The number of amides is 1. The van der Waals surface area contributed by atoms with Gasteiger partial charge in [0.25, 0.3) is 5.91 Å². The lowest BCUT2D eigenvalue weighted by Gasteiger charge is -2.20. The smallest absolute Gasteiger partial charge is 0.292 e. The van der Waals surface area contributed by atoms with E-state index in [4.69, 9.17) is 26.0 Å². The van der Waals surface area contributed by atoms with Crippen LogP contribution in [0.15, 0.2) is 81.3 Å². The van der Waals surface area contributed by atoms with E-state index in [0.29, 0.717) is 23.0 Å². The molecule has 0 radical (unpaired) electrons. The molecule has 2 aromatic carbocycles. The number of aliphatic imine (C=N–C) groups is 2. The molecule has 3 aromatic rings. The molecule has 1 aliphatic rings. The number of hydrogen-bond donors (Lipinski definition) is 1. The summed E-state index contributed by atoms with van der Waals surface area (Å²) in [5.74, 6) is 0.0884. The zero-order chi connectivity index (χ0) is 19.5. The highest BCUT2D eigenvalue weighted by molar-refractivity contribution is 6.30. The number of nitrogens with zero attached hydrogens (tertiary/aromatic N) is 2. The van der Waals surface area contributed by atoms with Crippen LogP contribution in [-0.4, -0.2) is 17.5 Å². The lowest BCUT2D eigenvalue weighted by molar-refractivity contribution is 0.0949. The Morgan fingerprint density at radius 2 is 1.75 bits per heavy atom. The van der Waals surface area contributed by atoms with Gasteiger partial charge in [0, 0.05) is 10.7 Å². The van der Waals surface area contributed by atoms with Crippen molar-refractivity contribution in [2.75, 3.05) is 0 Å². The predicted molar refractivity (Wildman–Crippen MR) is 111 cm³/mol. The van der Waals surface area contributed by atoms with Crippen LogP contribution in [0, 0.1) is 0 Å². The van der Waals surface area contributed by atoms with Crippen LogP contribution in [0.2, 0.25) is 5.02 Å². The minimum Gasteiger partial charge on any atom is -0.459 e. The summed E-state index contributed by atoms with van der Waals surface area (Å²) in [6.07, 6.45) is 2.17. The van der Waals surface area contributed by atoms with Crippen LogP contribution < -0.4 is 5.32 Å². The average molecular weight is 392 g/mol. The summed E-state index contributed by atoms with van der Waals surface area (Å²) in [5.41, 5.74) is 3.35. The van der Waals surface area contributed by atoms with E-state index in [9.17, 15) is 4.79 Å². The Morgan fingerprint density at radius 1 is 1.04 bits per heavy atom. The molecule has 0 fully saturated rings. The van der Waals surface area contributed by atoms with Crippen LogP contribution in [0.25, 0.3) is 0 Å². The van der Waals surface area contributed by atoms with Crippen molar-refractivity contribution in [3.05, 3.63) is 83.3 Å². The first-order chi connectivity index (χ1) is 13.7. The van der Waals surface area contributed by atoms with E-state index in [1.165, 1.54) is 6.26 Å². The number of furan rings is 1. The summed E-state index contributed by atoms with van der Waals surface area (Å²) >= 11 is 6.07. The largest absolute Gasteiger partial charge is 0.459 e. The second-order valence-electron chi connectivity index (χ2n) is 6.36. The summed E-state index contributed by atoms with van der Waals surface area (Å²) in [6, 6.07) is 18.4.